The molecule has 0 aromatic rings. The number of hydrogen-bond donors (Lipinski definition) is 1. The molecule has 1 unspecified atom stereocenters. The first kappa shape index (κ1) is 18.2. The fraction of sp³-hybridized carbons (Fsp3) is 0.923. The van der Waals surface area contributed by atoms with Crippen LogP contribution < -0.4 is 5.32 Å². The van der Waals surface area contributed by atoms with Gasteiger partial charge in [0.2, 0.25) is 0 Å². The van der Waals surface area contributed by atoms with Crippen molar-refractivity contribution in [2.75, 3.05) is 13.7 Å². The molecule has 0 aliphatic rings. The summed E-state index contributed by atoms with van der Waals surface area (Å²) < 4.78 is 41.3. The summed E-state index contributed by atoms with van der Waals surface area (Å²) in [6.07, 6.45) is 0.861. The molecule has 1 atom stereocenters. The van der Waals surface area contributed by atoms with Crippen molar-refractivity contribution in [2.24, 2.45) is 0 Å². The number of hydrogen-bond acceptors (Lipinski definition) is 3. The van der Waals surface area contributed by atoms with Crippen LogP contribution in [0.2, 0.25) is 0 Å². The van der Waals surface area contributed by atoms with Gasteiger partial charge in [0.05, 0.1) is 13.7 Å². The van der Waals surface area contributed by atoms with Crippen LogP contribution in [-0.2, 0) is 9.53 Å². The van der Waals surface area contributed by atoms with Gasteiger partial charge in [0.1, 0.15) is 5.54 Å². The van der Waals surface area contributed by atoms with Crippen LogP contribution in [0.5, 0.6) is 0 Å². The molecule has 0 amide bonds. The second kappa shape index (κ2) is 8.40. The molecule has 0 bridgehead atoms. The first-order valence-corrected chi connectivity index (χ1v) is 6.65. The topological polar surface area (TPSA) is 38.3 Å². The maximum atomic E-state index is 12.2. The predicted molar refractivity (Wildman–Crippen MR) is 67.9 cm³/mol. The van der Waals surface area contributed by atoms with Crippen LogP contribution in [0.1, 0.15) is 52.4 Å². The van der Waals surface area contributed by atoms with E-state index in [1.54, 1.807) is 0 Å². The normalized spacial score (nSPS) is 15.1. The van der Waals surface area contributed by atoms with Gasteiger partial charge in [-0.15, -0.1) is 0 Å². The third-order valence-electron chi connectivity index (χ3n) is 3.10. The molecule has 0 spiro atoms. The van der Waals surface area contributed by atoms with E-state index >= 15 is 0 Å². The average Bonchev–Trinajstić information content (AvgIpc) is 2.34. The molecule has 0 fully saturated rings. The molecule has 0 aliphatic carbocycles. The Balaban J connectivity index is 4.31. The van der Waals surface area contributed by atoms with E-state index in [9.17, 15) is 18.0 Å². The molecule has 0 aliphatic heterocycles. The van der Waals surface area contributed by atoms with Crippen LogP contribution in [0.3, 0.4) is 0 Å². The lowest BCUT2D eigenvalue weighted by atomic mass is 9.94. The summed E-state index contributed by atoms with van der Waals surface area (Å²) >= 11 is 0. The summed E-state index contributed by atoms with van der Waals surface area (Å²) in [5.41, 5.74) is -1.27. The van der Waals surface area contributed by atoms with E-state index in [0.29, 0.717) is 12.8 Å². The standard InChI is InChI=1S/C13H24F3NO2/c1-4-5-6-7-8-9-12(2,11(18)19-3)17-10-13(14,15)16/h17H,4-10H2,1-3H3. The highest BCUT2D eigenvalue weighted by atomic mass is 19.4. The third kappa shape index (κ3) is 8.08. The Hall–Kier alpha value is -0.780. The number of carbonyl (C=O) groups is 1. The van der Waals surface area contributed by atoms with Crippen LogP contribution in [0, 0.1) is 0 Å². The number of ether oxygens (including phenoxy) is 1. The quantitative estimate of drug-likeness (QED) is 0.520. The Morgan fingerprint density at radius 1 is 1.16 bits per heavy atom. The van der Waals surface area contributed by atoms with Crippen molar-refractivity contribution in [1.82, 2.24) is 5.32 Å². The van der Waals surface area contributed by atoms with E-state index in [2.05, 4.69) is 17.0 Å². The average molecular weight is 283 g/mol. The van der Waals surface area contributed by atoms with E-state index in [-0.39, 0.29) is 0 Å². The van der Waals surface area contributed by atoms with Crippen LogP contribution in [0.4, 0.5) is 13.2 Å². The molecule has 114 valence electrons. The molecule has 0 rings (SSSR count). The zero-order valence-corrected chi connectivity index (χ0v) is 11.9. The molecule has 0 saturated carbocycles. The highest BCUT2D eigenvalue weighted by molar-refractivity contribution is 5.80. The van der Waals surface area contributed by atoms with Gasteiger partial charge in [0.15, 0.2) is 0 Å². The summed E-state index contributed by atoms with van der Waals surface area (Å²) in [6, 6.07) is 0. The lowest BCUT2D eigenvalue weighted by Crippen LogP contribution is -2.53. The summed E-state index contributed by atoms with van der Waals surface area (Å²) in [5, 5.41) is 2.28. The van der Waals surface area contributed by atoms with Gasteiger partial charge in [0.25, 0.3) is 0 Å². The number of nitrogens with one attached hydrogen (secondary N) is 1. The van der Waals surface area contributed by atoms with Crippen LogP contribution >= 0.6 is 0 Å². The fourth-order valence-electron chi connectivity index (χ4n) is 1.87. The van der Waals surface area contributed by atoms with Crippen molar-refractivity contribution >= 4 is 5.97 Å². The van der Waals surface area contributed by atoms with Crippen LogP contribution in [0.15, 0.2) is 0 Å². The highest BCUT2D eigenvalue weighted by Gasteiger charge is 2.38. The Bertz CT molecular complexity index is 269. The van der Waals surface area contributed by atoms with Gasteiger partial charge < -0.3 is 4.74 Å². The summed E-state index contributed by atoms with van der Waals surface area (Å²) in [5.74, 6) is -0.646. The maximum Gasteiger partial charge on any atom is 0.401 e. The Morgan fingerprint density at radius 2 is 1.74 bits per heavy atom. The van der Waals surface area contributed by atoms with Crippen molar-refractivity contribution in [3.8, 4) is 0 Å². The first-order chi connectivity index (χ1) is 8.75. The number of methoxy groups -OCH3 is 1. The Morgan fingerprint density at radius 3 is 2.21 bits per heavy atom. The lowest BCUT2D eigenvalue weighted by molar-refractivity contribution is -0.153. The number of alkyl halides is 3. The van der Waals surface area contributed by atoms with Gasteiger partial charge in [0, 0.05) is 0 Å². The molecule has 0 aromatic carbocycles. The van der Waals surface area contributed by atoms with E-state index < -0.39 is 24.2 Å². The van der Waals surface area contributed by atoms with Gasteiger partial charge in [-0.25, -0.2) is 0 Å². The van der Waals surface area contributed by atoms with Gasteiger partial charge in [-0.3, -0.25) is 10.1 Å². The van der Waals surface area contributed by atoms with E-state index in [1.807, 2.05) is 0 Å². The highest BCUT2D eigenvalue weighted by Crippen LogP contribution is 2.20. The third-order valence-corrected chi connectivity index (χ3v) is 3.10. The molecular weight excluding hydrogens is 259 g/mol. The SMILES string of the molecule is CCCCCCCC(C)(NCC(F)(F)F)C(=O)OC. The van der Waals surface area contributed by atoms with Gasteiger partial charge >= 0.3 is 12.1 Å². The van der Waals surface area contributed by atoms with Crippen molar-refractivity contribution in [3.63, 3.8) is 0 Å². The van der Waals surface area contributed by atoms with Gasteiger partial charge in [-0.1, -0.05) is 39.0 Å². The molecule has 1 N–H and O–H groups in total. The van der Waals surface area contributed by atoms with Gasteiger partial charge in [-0.05, 0) is 13.3 Å². The van der Waals surface area contributed by atoms with Crippen LogP contribution in [0.25, 0.3) is 0 Å². The van der Waals surface area contributed by atoms with Gasteiger partial charge in [-0.2, -0.15) is 13.2 Å². The van der Waals surface area contributed by atoms with Crippen molar-refractivity contribution in [1.29, 1.82) is 0 Å². The summed E-state index contributed by atoms with van der Waals surface area (Å²) in [6.45, 7) is 2.36. The first-order valence-electron chi connectivity index (χ1n) is 6.65. The van der Waals surface area contributed by atoms with E-state index in [0.717, 1.165) is 25.7 Å². The minimum Gasteiger partial charge on any atom is -0.468 e. The number of unbranched alkanes of at least 4 members (excludes halogenated alkanes) is 4. The molecule has 3 nitrogen and oxygen atoms in total. The molecule has 19 heavy (non-hydrogen) atoms. The molecule has 0 saturated heterocycles. The number of esters is 1. The van der Waals surface area contributed by atoms with E-state index in [1.165, 1.54) is 14.0 Å². The maximum absolute atomic E-state index is 12.2. The largest absolute Gasteiger partial charge is 0.468 e. The van der Waals surface area contributed by atoms with Crippen molar-refractivity contribution in [2.45, 2.75) is 64.1 Å². The summed E-state index contributed by atoms with van der Waals surface area (Å²) in [7, 11) is 1.19. The number of carbonyl (C=O) groups excluding carboxylic acids is 1. The molecule has 6 heteroatoms. The smallest absolute Gasteiger partial charge is 0.401 e. The molecule has 0 aromatic heterocycles. The zero-order valence-electron chi connectivity index (χ0n) is 11.9. The monoisotopic (exact) mass is 283 g/mol. The Kier molecular flexibility index (Phi) is 8.06. The van der Waals surface area contributed by atoms with Crippen molar-refractivity contribution in [3.05, 3.63) is 0 Å². The number of halogens is 3. The predicted octanol–water partition coefficient (Wildman–Crippen LogP) is 3.43. The zero-order chi connectivity index (χ0) is 14.9. The molecule has 0 heterocycles. The lowest BCUT2D eigenvalue weighted by Gasteiger charge is -2.28. The Labute approximate surface area is 112 Å². The second-order valence-electron chi connectivity index (χ2n) is 4.96. The fourth-order valence-corrected chi connectivity index (χ4v) is 1.87. The van der Waals surface area contributed by atoms with E-state index in [4.69, 9.17) is 0 Å². The minimum absolute atomic E-state index is 0.347. The second-order valence-corrected chi connectivity index (χ2v) is 4.96. The summed E-state index contributed by atoms with van der Waals surface area (Å²) in [4.78, 5) is 11.6. The minimum atomic E-state index is -4.34. The van der Waals surface area contributed by atoms with Crippen molar-refractivity contribution < 1.29 is 22.7 Å². The van der Waals surface area contributed by atoms with Crippen LogP contribution in [-0.4, -0.2) is 31.3 Å². The molecular formula is C13H24F3NO2. The molecule has 0 radical (unpaired) electrons. The number of rotatable bonds is 9.